The van der Waals surface area contributed by atoms with Crippen molar-refractivity contribution in [2.45, 2.75) is 40.5 Å². The summed E-state index contributed by atoms with van der Waals surface area (Å²) >= 11 is 0. The summed E-state index contributed by atoms with van der Waals surface area (Å²) in [6.45, 7) is 6.42. The SMILES string of the molecule is CC(=O)CC(C)C(=O)C(C)CC(C)=O. The molecule has 0 amide bonds. The number of Topliss-reactive ketones (excluding diaryl/α,β-unsaturated/α-hetero) is 3. The molecule has 0 bridgehead atoms. The second-order valence-corrected chi connectivity index (χ2v) is 4.02. The first kappa shape index (κ1) is 13.0. The van der Waals surface area contributed by atoms with Crippen LogP contribution in [-0.2, 0) is 14.4 Å². The van der Waals surface area contributed by atoms with Gasteiger partial charge in [0.1, 0.15) is 17.3 Å². The minimum absolute atomic E-state index is 0.00963. The van der Waals surface area contributed by atoms with Gasteiger partial charge in [0.15, 0.2) is 0 Å². The van der Waals surface area contributed by atoms with Crippen LogP contribution >= 0.6 is 0 Å². The van der Waals surface area contributed by atoms with E-state index in [1.807, 2.05) is 0 Å². The molecule has 0 aromatic rings. The van der Waals surface area contributed by atoms with E-state index in [0.29, 0.717) is 0 Å². The molecule has 14 heavy (non-hydrogen) atoms. The van der Waals surface area contributed by atoms with Crippen LogP contribution in [0.5, 0.6) is 0 Å². The predicted molar refractivity (Wildman–Crippen MR) is 53.9 cm³/mol. The normalized spacial score (nSPS) is 14.6. The summed E-state index contributed by atoms with van der Waals surface area (Å²) in [4.78, 5) is 33.2. The molecule has 0 radical (unpaired) electrons. The molecular weight excluding hydrogens is 180 g/mol. The number of carbonyl (C=O) groups is 3. The van der Waals surface area contributed by atoms with Gasteiger partial charge in [-0.25, -0.2) is 0 Å². The summed E-state index contributed by atoms with van der Waals surface area (Å²) in [6.07, 6.45) is 0.558. The van der Waals surface area contributed by atoms with Crippen LogP contribution in [0, 0.1) is 11.8 Å². The van der Waals surface area contributed by atoms with Crippen LogP contribution in [-0.4, -0.2) is 17.3 Å². The number of carbonyl (C=O) groups excluding carboxylic acids is 3. The van der Waals surface area contributed by atoms with Crippen LogP contribution in [0.15, 0.2) is 0 Å². The third kappa shape index (κ3) is 4.90. The molecule has 0 aliphatic heterocycles. The lowest BCUT2D eigenvalue weighted by molar-refractivity contribution is -0.131. The molecule has 0 aliphatic rings. The zero-order chi connectivity index (χ0) is 11.3. The number of rotatable bonds is 6. The minimum Gasteiger partial charge on any atom is -0.300 e. The minimum atomic E-state index is -0.262. The van der Waals surface area contributed by atoms with E-state index in [1.54, 1.807) is 13.8 Å². The molecule has 0 fully saturated rings. The molecule has 0 N–H and O–H groups in total. The smallest absolute Gasteiger partial charge is 0.139 e. The van der Waals surface area contributed by atoms with Crippen molar-refractivity contribution in [3.05, 3.63) is 0 Å². The second-order valence-electron chi connectivity index (χ2n) is 4.02. The maximum atomic E-state index is 11.6. The Hall–Kier alpha value is -0.990. The highest BCUT2D eigenvalue weighted by atomic mass is 16.1. The van der Waals surface area contributed by atoms with Gasteiger partial charge in [-0.05, 0) is 13.8 Å². The third-order valence-corrected chi connectivity index (χ3v) is 2.16. The van der Waals surface area contributed by atoms with Crippen LogP contribution < -0.4 is 0 Å². The van der Waals surface area contributed by atoms with Crippen molar-refractivity contribution in [2.24, 2.45) is 11.8 Å². The van der Waals surface area contributed by atoms with Crippen LogP contribution in [0.3, 0.4) is 0 Å². The van der Waals surface area contributed by atoms with Crippen LogP contribution in [0.4, 0.5) is 0 Å². The van der Waals surface area contributed by atoms with Gasteiger partial charge in [0, 0.05) is 24.7 Å². The highest BCUT2D eigenvalue weighted by molar-refractivity contribution is 5.90. The van der Waals surface area contributed by atoms with Crippen molar-refractivity contribution >= 4 is 17.3 Å². The number of hydrogen-bond acceptors (Lipinski definition) is 3. The first-order valence-electron chi connectivity index (χ1n) is 4.87. The topological polar surface area (TPSA) is 51.2 Å². The highest BCUT2D eigenvalue weighted by Crippen LogP contribution is 2.14. The maximum Gasteiger partial charge on any atom is 0.139 e. The molecule has 0 saturated carbocycles. The fourth-order valence-corrected chi connectivity index (χ4v) is 1.55. The second kappa shape index (κ2) is 5.68. The molecule has 0 rings (SSSR count). The van der Waals surface area contributed by atoms with E-state index in [9.17, 15) is 14.4 Å². The van der Waals surface area contributed by atoms with Crippen molar-refractivity contribution in [1.29, 1.82) is 0 Å². The monoisotopic (exact) mass is 198 g/mol. The zero-order valence-electron chi connectivity index (χ0n) is 9.29. The Balaban J connectivity index is 4.16. The molecule has 80 valence electrons. The van der Waals surface area contributed by atoms with Crippen molar-refractivity contribution in [3.8, 4) is 0 Å². The van der Waals surface area contributed by atoms with Crippen molar-refractivity contribution < 1.29 is 14.4 Å². The number of hydrogen-bond donors (Lipinski definition) is 0. The summed E-state index contributed by atoms with van der Waals surface area (Å²) in [5.41, 5.74) is 0. The Labute approximate surface area is 84.9 Å². The lowest BCUT2D eigenvalue weighted by Crippen LogP contribution is -2.22. The number of ketones is 3. The molecule has 2 atom stereocenters. The van der Waals surface area contributed by atoms with Crippen molar-refractivity contribution in [3.63, 3.8) is 0 Å². The molecule has 0 saturated heterocycles. The fraction of sp³-hybridized carbons (Fsp3) is 0.727. The van der Waals surface area contributed by atoms with E-state index in [4.69, 9.17) is 0 Å². The van der Waals surface area contributed by atoms with Gasteiger partial charge in [0.25, 0.3) is 0 Å². The zero-order valence-corrected chi connectivity index (χ0v) is 9.29. The summed E-state index contributed by atoms with van der Waals surface area (Å²) in [6, 6.07) is 0. The molecule has 0 aromatic heterocycles. The van der Waals surface area contributed by atoms with E-state index >= 15 is 0 Å². The van der Waals surface area contributed by atoms with Gasteiger partial charge in [-0.15, -0.1) is 0 Å². The van der Waals surface area contributed by atoms with Gasteiger partial charge in [0.2, 0.25) is 0 Å². The summed E-state index contributed by atoms with van der Waals surface area (Å²) in [5, 5.41) is 0. The maximum absolute atomic E-state index is 11.6. The Bertz CT molecular complexity index is 219. The summed E-state index contributed by atoms with van der Waals surface area (Å²) < 4.78 is 0. The average Bonchev–Trinajstić information content (AvgIpc) is 2.00. The van der Waals surface area contributed by atoms with Crippen LogP contribution in [0.25, 0.3) is 0 Å². The van der Waals surface area contributed by atoms with E-state index < -0.39 is 0 Å². The largest absolute Gasteiger partial charge is 0.300 e. The van der Waals surface area contributed by atoms with Crippen LogP contribution in [0.2, 0.25) is 0 Å². The van der Waals surface area contributed by atoms with Gasteiger partial charge < -0.3 is 9.59 Å². The molecule has 0 spiro atoms. The van der Waals surface area contributed by atoms with Crippen molar-refractivity contribution in [2.75, 3.05) is 0 Å². The molecule has 3 nitrogen and oxygen atoms in total. The molecule has 0 aliphatic carbocycles. The van der Waals surface area contributed by atoms with E-state index in [2.05, 4.69) is 0 Å². The Kier molecular flexibility index (Phi) is 5.28. The third-order valence-electron chi connectivity index (χ3n) is 2.16. The first-order chi connectivity index (χ1) is 6.34. The average molecular weight is 198 g/mol. The molecule has 3 heteroatoms. The van der Waals surface area contributed by atoms with Crippen LogP contribution in [0.1, 0.15) is 40.5 Å². The van der Waals surface area contributed by atoms with Gasteiger partial charge in [-0.2, -0.15) is 0 Å². The van der Waals surface area contributed by atoms with Gasteiger partial charge in [-0.1, -0.05) is 13.8 Å². The predicted octanol–water partition coefficient (Wildman–Crippen LogP) is 1.79. The van der Waals surface area contributed by atoms with E-state index in [1.165, 1.54) is 13.8 Å². The molecule has 0 aromatic carbocycles. The highest BCUT2D eigenvalue weighted by Gasteiger charge is 2.21. The van der Waals surface area contributed by atoms with E-state index in [-0.39, 0.29) is 42.0 Å². The molecule has 2 unspecified atom stereocenters. The molecular formula is C11H18O3. The Morgan fingerprint density at radius 1 is 0.857 bits per heavy atom. The van der Waals surface area contributed by atoms with Crippen molar-refractivity contribution in [1.82, 2.24) is 0 Å². The first-order valence-corrected chi connectivity index (χ1v) is 4.87. The Morgan fingerprint density at radius 2 is 1.14 bits per heavy atom. The summed E-state index contributed by atoms with van der Waals surface area (Å²) in [5.74, 6) is -0.485. The Morgan fingerprint density at radius 3 is 1.36 bits per heavy atom. The lowest BCUT2D eigenvalue weighted by atomic mass is 9.89. The van der Waals surface area contributed by atoms with E-state index in [0.717, 1.165) is 0 Å². The van der Waals surface area contributed by atoms with Gasteiger partial charge >= 0.3 is 0 Å². The fourth-order valence-electron chi connectivity index (χ4n) is 1.55. The van der Waals surface area contributed by atoms with Gasteiger partial charge in [-0.3, -0.25) is 4.79 Å². The summed E-state index contributed by atoms with van der Waals surface area (Å²) in [7, 11) is 0. The standard InChI is InChI=1S/C11H18O3/c1-7(5-9(3)12)11(14)8(2)6-10(4)13/h7-8H,5-6H2,1-4H3. The quantitative estimate of drug-likeness (QED) is 0.653. The molecule has 0 heterocycles. The van der Waals surface area contributed by atoms with Gasteiger partial charge in [0.05, 0.1) is 0 Å². The lowest BCUT2D eigenvalue weighted by Gasteiger charge is -2.13.